The summed E-state index contributed by atoms with van der Waals surface area (Å²) < 4.78 is 0. The second-order valence-electron chi connectivity index (χ2n) is 7.45. The molecule has 0 heterocycles. The molecule has 4 aromatic carbocycles. The van der Waals surface area contributed by atoms with Gasteiger partial charge in [0.15, 0.2) is 0 Å². The van der Waals surface area contributed by atoms with Gasteiger partial charge in [-0.3, -0.25) is 0 Å². The van der Waals surface area contributed by atoms with E-state index in [2.05, 4.69) is 121 Å². The van der Waals surface area contributed by atoms with Crippen LogP contribution in [0, 0.1) is 0 Å². The average molecular weight is 475 g/mol. The molecule has 170 valence electrons. The monoisotopic (exact) mass is 474 g/mol. The van der Waals surface area contributed by atoms with E-state index in [9.17, 15) is 0 Å². The van der Waals surface area contributed by atoms with E-state index in [-0.39, 0.29) is 29.1 Å². The summed E-state index contributed by atoms with van der Waals surface area (Å²) in [6.07, 6.45) is 3.72. The molecule has 4 aromatic rings. The molecule has 0 unspecified atom stereocenters. The zero-order valence-electron chi connectivity index (χ0n) is 18.9. The second kappa shape index (κ2) is 14.7. The first-order chi connectivity index (χ1) is 16.3. The van der Waals surface area contributed by atoms with Crippen LogP contribution in [-0.2, 0) is 0 Å². The van der Waals surface area contributed by atoms with Crippen molar-refractivity contribution in [2.45, 2.75) is 6.42 Å². The summed E-state index contributed by atoms with van der Waals surface area (Å²) in [5, 5.41) is 21.2. The van der Waals surface area contributed by atoms with Gasteiger partial charge in [-0.25, -0.2) is 0 Å². The molecule has 0 bridgehead atoms. The Morgan fingerprint density at radius 2 is 0.636 bits per heavy atom. The first-order valence-corrected chi connectivity index (χ1v) is 14.4. The molecule has 0 fully saturated rings. The Labute approximate surface area is 200 Å². The third kappa shape index (κ3) is 8.18. The molecule has 0 aliphatic carbocycles. The van der Waals surface area contributed by atoms with Crippen molar-refractivity contribution in [3.8, 4) is 0 Å². The maximum absolute atomic E-state index is 7.62. The molecule has 4 heteroatoms. The Morgan fingerprint density at radius 3 is 0.848 bits per heavy atom. The summed E-state index contributed by atoms with van der Waals surface area (Å²) in [6, 6.07) is 44.3. The molecular weight excluding hydrogens is 442 g/mol. The first kappa shape index (κ1) is 25.3. The van der Waals surface area contributed by atoms with Gasteiger partial charge in [-0.15, -0.1) is 0 Å². The van der Waals surface area contributed by atoms with Crippen LogP contribution < -0.4 is 21.2 Å². The first-order valence-electron chi connectivity index (χ1n) is 11.3. The van der Waals surface area contributed by atoms with Crippen LogP contribution in [0.25, 0.3) is 0 Å². The SMILES string of the molecule is OCCO.c1ccc(P(CCCP(c2ccccc2)c2ccccc2)c2ccccc2)cc1. The van der Waals surface area contributed by atoms with Gasteiger partial charge in [0.05, 0.1) is 13.2 Å². The molecule has 0 radical (unpaired) electrons. The molecule has 0 saturated heterocycles. The summed E-state index contributed by atoms with van der Waals surface area (Å²) in [5.74, 6) is 0. The Kier molecular flexibility index (Phi) is 11.3. The van der Waals surface area contributed by atoms with E-state index in [1.807, 2.05) is 0 Å². The van der Waals surface area contributed by atoms with Crippen LogP contribution in [-0.4, -0.2) is 35.8 Å². The Hall–Kier alpha value is -2.34. The molecule has 0 atom stereocenters. The van der Waals surface area contributed by atoms with E-state index in [0.29, 0.717) is 0 Å². The molecule has 0 amide bonds. The summed E-state index contributed by atoms with van der Waals surface area (Å²) in [7, 11) is -0.618. The number of aliphatic hydroxyl groups excluding tert-OH is 2. The van der Waals surface area contributed by atoms with Crippen LogP contribution in [0.4, 0.5) is 0 Å². The minimum atomic E-state index is -0.309. The van der Waals surface area contributed by atoms with Crippen LogP contribution in [0.5, 0.6) is 0 Å². The second-order valence-corrected chi connectivity index (χ2v) is 12.1. The van der Waals surface area contributed by atoms with Crippen LogP contribution in [0.15, 0.2) is 121 Å². The summed E-state index contributed by atoms with van der Waals surface area (Å²) in [5.41, 5.74) is 0. The lowest BCUT2D eigenvalue weighted by atomic mass is 10.4. The highest BCUT2D eigenvalue weighted by Gasteiger charge is 2.17. The van der Waals surface area contributed by atoms with Gasteiger partial charge in [-0.05, 0) is 55.8 Å². The number of hydrogen-bond donors (Lipinski definition) is 2. The smallest absolute Gasteiger partial charge is 0.0662 e. The quantitative estimate of drug-likeness (QED) is 0.348. The summed E-state index contributed by atoms with van der Waals surface area (Å²) >= 11 is 0. The fourth-order valence-electron chi connectivity index (χ4n) is 3.63. The average Bonchev–Trinajstić information content (AvgIpc) is 2.91. The number of hydrogen-bond acceptors (Lipinski definition) is 2. The molecular formula is C29H32O2P2. The number of benzene rings is 4. The molecule has 33 heavy (non-hydrogen) atoms. The molecule has 2 nitrogen and oxygen atoms in total. The van der Waals surface area contributed by atoms with Crippen molar-refractivity contribution in [2.24, 2.45) is 0 Å². The highest BCUT2D eigenvalue weighted by molar-refractivity contribution is 7.74. The van der Waals surface area contributed by atoms with Crippen LogP contribution in [0.3, 0.4) is 0 Å². The van der Waals surface area contributed by atoms with Crippen LogP contribution >= 0.6 is 15.8 Å². The zero-order valence-corrected chi connectivity index (χ0v) is 20.7. The lowest BCUT2D eigenvalue weighted by Crippen LogP contribution is -2.17. The zero-order chi connectivity index (χ0) is 23.1. The molecule has 2 N–H and O–H groups in total. The van der Waals surface area contributed by atoms with E-state index in [1.54, 1.807) is 0 Å². The summed E-state index contributed by atoms with van der Waals surface area (Å²) in [4.78, 5) is 0. The van der Waals surface area contributed by atoms with E-state index in [4.69, 9.17) is 10.2 Å². The third-order valence-electron chi connectivity index (χ3n) is 5.13. The van der Waals surface area contributed by atoms with Gasteiger partial charge in [-0.2, -0.15) is 0 Å². The van der Waals surface area contributed by atoms with E-state index in [0.717, 1.165) is 0 Å². The predicted octanol–water partition coefficient (Wildman–Crippen LogP) is 4.61. The van der Waals surface area contributed by atoms with E-state index >= 15 is 0 Å². The summed E-state index contributed by atoms with van der Waals surface area (Å²) in [6.45, 7) is -0.250. The molecule has 0 aliphatic heterocycles. The third-order valence-corrected chi connectivity index (χ3v) is 10.3. The Balaban J connectivity index is 0.000000709. The van der Waals surface area contributed by atoms with Gasteiger partial charge >= 0.3 is 0 Å². The van der Waals surface area contributed by atoms with Gasteiger partial charge in [-0.1, -0.05) is 121 Å². The fourth-order valence-corrected chi connectivity index (χ4v) is 8.59. The Morgan fingerprint density at radius 1 is 0.394 bits per heavy atom. The molecule has 0 aliphatic rings. The minimum absolute atomic E-state index is 0.125. The van der Waals surface area contributed by atoms with E-state index < -0.39 is 0 Å². The maximum atomic E-state index is 7.62. The lowest BCUT2D eigenvalue weighted by molar-refractivity contribution is 0.186. The van der Waals surface area contributed by atoms with Gasteiger partial charge < -0.3 is 10.2 Å². The number of rotatable bonds is 9. The Bertz CT molecular complexity index is 848. The standard InChI is InChI=1S/C27H26P2.C2H6O2/c1-5-14-24(15-6-1)28(25-16-7-2-8-17-25)22-13-23-29(26-18-9-3-10-19-26)27-20-11-4-12-21-27;3-1-2-4/h1-12,14-21H,13,22-23H2;3-4H,1-2H2. The molecule has 4 rings (SSSR count). The van der Waals surface area contributed by atoms with Crippen molar-refractivity contribution >= 4 is 37.1 Å². The number of aliphatic hydroxyl groups is 2. The lowest BCUT2D eigenvalue weighted by Gasteiger charge is -2.22. The van der Waals surface area contributed by atoms with Crippen molar-refractivity contribution in [3.05, 3.63) is 121 Å². The largest absolute Gasteiger partial charge is 0.394 e. The van der Waals surface area contributed by atoms with Crippen molar-refractivity contribution in [2.75, 3.05) is 25.5 Å². The van der Waals surface area contributed by atoms with Crippen LogP contribution in [0.1, 0.15) is 6.42 Å². The van der Waals surface area contributed by atoms with Gasteiger partial charge in [0.25, 0.3) is 0 Å². The van der Waals surface area contributed by atoms with Gasteiger partial charge in [0.1, 0.15) is 0 Å². The van der Waals surface area contributed by atoms with Crippen molar-refractivity contribution < 1.29 is 10.2 Å². The fraction of sp³-hybridized carbons (Fsp3) is 0.172. The van der Waals surface area contributed by atoms with Crippen molar-refractivity contribution in [1.29, 1.82) is 0 Å². The maximum Gasteiger partial charge on any atom is 0.0662 e. The minimum Gasteiger partial charge on any atom is -0.394 e. The highest BCUT2D eigenvalue weighted by Crippen LogP contribution is 2.39. The molecule has 0 spiro atoms. The highest BCUT2D eigenvalue weighted by atomic mass is 31.1. The van der Waals surface area contributed by atoms with Crippen molar-refractivity contribution in [3.63, 3.8) is 0 Å². The molecule has 0 aromatic heterocycles. The van der Waals surface area contributed by atoms with Crippen LogP contribution in [0.2, 0.25) is 0 Å². The van der Waals surface area contributed by atoms with Crippen molar-refractivity contribution in [1.82, 2.24) is 0 Å². The van der Waals surface area contributed by atoms with Gasteiger partial charge in [0.2, 0.25) is 0 Å². The van der Waals surface area contributed by atoms with E-state index in [1.165, 1.54) is 40.0 Å². The molecule has 0 saturated carbocycles. The topological polar surface area (TPSA) is 40.5 Å². The predicted molar refractivity (Wildman–Crippen MR) is 147 cm³/mol. The normalized spacial score (nSPS) is 10.7. The van der Waals surface area contributed by atoms with Gasteiger partial charge in [0, 0.05) is 0 Å².